The molecule has 0 spiro atoms. The molecule has 216 valence electrons. The lowest BCUT2D eigenvalue weighted by Gasteiger charge is -2.23. The van der Waals surface area contributed by atoms with E-state index in [1.807, 2.05) is 0 Å². The van der Waals surface area contributed by atoms with Gasteiger partial charge >= 0.3 is 28.2 Å². The van der Waals surface area contributed by atoms with E-state index in [0.717, 1.165) is 12.5 Å². The highest BCUT2D eigenvalue weighted by Gasteiger charge is 2.53. The number of imidazole rings is 1. The summed E-state index contributed by atoms with van der Waals surface area (Å²) in [5.74, 6) is -2.41. The Balaban J connectivity index is 1.46. The Labute approximate surface area is 240 Å². The quantitative estimate of drug-likeness (QED) is 0.198. The second-order valence-electron chi connectivity index (χ2n) is 8.93. The van der Waals surface area contributed by atoms with Gasteiger partial charge in [0.2, 0.25) is 6.29 Å². The Morgan fingerprint density at radius 1 is 0.738 bits per heavy atom. The zero-order chi connectivity index (χ0) is 29.5. The smallest absolute Gasteiger partial charge is 0.367 e. The first-order chi connectivity index (χ1) is 20.3. The number of esters is 3. The second kappa shape index (κ2) is 12.8. The Kier molecular flexibility index (Phi) is 8.71. The van der Waals surface area contributed by atoms with Crippen LogP contribution in [0.15, 0.2) is 110 Å². The maximum atomic E-state index is 13.1. The summed E-state index contributed by atoms with van der Waals surface area (Å²) in [6, 6.07) is 23.9. The first-order valence-electron chi connectivity index (χ1n) is 12.6. The Morgan fingerprint density at radius 3 is 1.79 bits per heavy atom. The highest BCUT2D eigenvalue weighted by molar-refractivity contribution is 7.85. The maximum Gasteiger partial charge on any atom is 0.367 e. The molecular weight excluding hydrogens is 568 g/mol. The average molecular weight is 593 g/mol. The maximum absolute atomic E-state index is 13.1. The number of carbonyl (C=O) groups is 3. The summed E-state index contributed by atoms with van der Waals surface area (Å²) in [7, 11) is -4.58. The lowest BCUT2D eigenvalue weighted by molar-refractivity contribution is -0.135. The molecule has 1 saturated heterocycles. The average Bonchev–Trinajstić information content (AvgIpc) is 3.67. The number of aromatic nitrogens is 2. The minimum atomic E-state index is -4.58. The molecule has 1 aromatic heterocycles. The van der Waals surface area contributed by atoms with Crippen LogP contribution in [0.4, 0.5) is 0 Å². The van der Waals surface area contributed by atoms with Crippen molar-refractivity contribution in [2.24, 2.45) is 0 Å². The van der Waals surface area contributed by atoms with Crippen molar-refractivity contribution in [3.8, 4) is 0 Å². The summed E-state index contributed by atoms with van der Waals surface area (Å²) in [6.45, 7) is -0.495. The SMILES string of the molecule is O=C(OC[C@H]1OC(OC(=O)c2ccccc2)[C@H](OS(=O)(=O)n2ccnc2)[C@@H]1OC(=O)c1ccccc1)c1ccccc1. The first-order valence-corrected chi connectivity index (χ1v) is 14.0. The molecule has 12 nitrogen and oxygen atoms in total. The fourth-order valence-electron chi connectivity index (χ4n) is 4.06. The highest BCUT2D eigenvalue weighted by Crippen LogP contribution is 2.31. The second-order valence-corrected chi connectivity index (χ2v) is 10.4. The van der Waals surface area contributed by atoms with E-state index in [1.54, 1.807) is 66.7 Å². The van der Waals surface area contributed by atoms with Crippen molar-refractivity contribution in [2.45, 2.75) is 24.6 Å². The predicted molar refractivity (Wildman–Crippen MR) is 144 cm³/mol. The fraction of sp³-hybridized carbons (Fsp3) is 0.172. The summed E-state index contributed by atoms with van der Waals surface area (Å²) in [5.41, 5.74) is 0.545. The summed E-state index contributed by atoms with van der Waals surface area (Å²) in [4.78, 5) is 42.4. The van der Waals surface area contributed by atoms with E-state index in [1.165, 1.54) is 30.5 Å². The molecule has 0 N–H and O–H groups in total. The largest absolute Gasteiger partial charge is 0.459 e. The van der Waals surface area contributed by atoms with Gasteiger partial charge in [0.1, 0.15) is 19.0 Å². The highest BCUT2D eigenvalue weighted by atomic mass is 32.2. The van der Waals surface area contributed by atoms with Crippen molar-refractivity contribution < 1.29 is 45.9 Å². The number of carbonyl (C=O) groups excluding carboxylic acids is 3. The van der Waals surface area contributed by atoms with Gasteiger partial charge in [0, 0.05) is 12.4 Å². The molecule has 0 radical (unpaired) electrons. The standard InChI is InChI=1S/C29H24N2O10S/c32-26(20-10-4-1-5-11-20)37-18-23-24(39-27(33)21-12-6-2-7-13-21)25(41-42(35,36)31-17-16-30-19-31)29(38-23)40-28(34)22-14-8-3-9-15-22/h1-17,19,23-25,29H,18H2/t23-,24-,25-,29?/m1/s1. The van der Waals surface area contributed by atoms with Crippen molar-refractivity contribution in [3.63, 3.8) is 0 Å². The number of nitrogens with zero attached hydrogens (tertiary/aromatic N) is 2. The lowest BCUT2D eigenvalue weighted by Crippen LogP contribution is -2.43. The van der Waals surface area contributed by atoms with E-state index in [2.05, 4.69) is 4.98 Å². The van der Waals surface area contributed by atoms with Gasteiger partial charge in [-0.1, -0.05) is 54.6 Å². The van der Waals surface area contributed by atoms with Gasteiger partial charge in [0.05, 0.1) is 16.7 Å². The number of benzene rings is 3. The van der Waals surface area contributed by atoms with Crippen LogP contribution in [0, 0.1) is 0 Å². The number of rotatable bonds is 10. The molecule has 13 heteroatoms. The molecule has 5 rings (SSSR count). The topological polar surface area (TPSA) is 149 Å². The molecule has 0 aliphatic carbocycles. The third-order valence-electron chi connectivity index (χ3n) is 6.11. The molecule has 1 unspecified atom stereocenters. The molecule has 3 aromatic carbocycles. The van der Waals surface area contributed by atoms with Gasteiger partial charge in [0.15, 0.2) is 12.2 Å². The van der Waals surface area contributed by atoms with Crippen LogP contribution >= 0.6 is 0 Å². The Morgan fingerprint density at radius 2 is 1.26 bits per heavy atom. The van der Waals surface area contributed by atoms with Gasteiger partial charge in [-0.25, -0.2) is 27.5 Å². The fourth-order valence-corrected chi connectivity index (χ4v) is 5.02. The third-order valence-corrected chi connectivity index (χ3v) is 7.31. The van der Waals surface area contributed by atoms with Crippen LogP contribution in [0.5, 0.6) is 0 Å². The van der Waals surface area contributed by atoms with Crippen molar-refractivity contribution in [1.82, 2.24) is 8.96 Å². The molecule has 0 saturated carbocycles. The van der Waals surface area contributed by atoms with Crippen LogP contribution in [-0.2, 0) is 33.4 Å². The monoisotopic (exact) mass is 592 g/mol. The van der Waals surface area contributed by atoms with Gasteiger partial charge in [0.25, 0.3) is 0 Å². The zero-order valence-electron chi connectivity index (χ0n) is 21.8. The molecular formula is C29H24N2O10S. The normalized spacial score (nSPS) is 20.0. The summed E-state index contributed by atoms with van der Waals surface area (Å²) in [5, 5.41) is 0. The van der Waals surface area contributed by atoms with Gasteiger partial charge in [-0.2, -0.15) is 8.42 Å². The number of ether oxygens (including phenoxy) is 4. The summed E-state index contributed by atoms with van der Waals surface area (Å²) >= 11 is 0. The Bertz CT molecular complexity index is 1610. The summed E-state index contributed by atoms with van der Waals surface area (Å²) in [6.07, 6.45) is -2.85. The number of hydrogen-bond acceptors (Lipinski definition) is 11. The molecule has 0 amide bonds. The number of hydrogen-bond donors (Lipinski definition) is 0. The van der Waals surface area contributed by atoms with Crippen LogP contribution in [0.1, 0.15) is 31.1 Å². The predicted octanol–water partition coefficient (Wildman–Crippen LogP) is 3.03. The van der Waals surface area contributed by atoms with Crippen molar-refractivity contribution in [1.29, 1.82) is 0 Å². The molecule has 4 atom stereocenters. The van der Waals surface area contributed by atoms with Crippen LogP contribution in [-0.4, -0.2) is 66.5 Å². The van der Waals surface area contributed by atoms with Gasteiger partial charge in [-0.15, -0.1) is 0 Å². The van der Waals surface area contributed by atoms with E-state index in [9.17, 15) is 22.8 Å². The minimum Gasteiger partial charge on any atom is -0.459 e. The molecule has 42 heavy (non-hydrogen) atoms. The van der Waals surface area contributed by atoms with E-state index >= 15 is 0 Å². The molecule has 1 aliphatic rings. The van der Waals surface area contributed by atoms with Gasteiger partial charge in [-0.05, 0) is 36.4 Å². The van der Waals surface area contributed by atoms with Crippen LogP contribution in [0.3, 0.4) is 0 Å². The molecule has 4 aromatic rings. The van der Waals surface area contributed by atoms with Gasteiger partial charge < -0.3 is 18.9 Å². The Hall–Kier alpha value is -4.85. The van der Waals surface area contributed by atoms with Crippen LogP contribution in [0.25, 0.3) is 0 Å². The van der Waals surface area contributed by atoms with Crippen molar-refractivity contribution in [2.75, 3.05) is 6.61 Å². The molecule has 0 bridgehead atoms. The van der Waals surface area contributed by atoms with E-state index in [-0.39, 0.29) is 16.7 Å². The van der Waals surface area contributed by atoms with E-state index < -0.39 is 59.4 Å². The zero-order valence-corrected chi connectivity index (χ0v) is 22.6. The van der Waals surface area contributed by atoms with Gasteiger partial charge in [-0.3, -0.25) is 0 Å². The summed E-state index contributed by atoms with van der Waals surface area (Å²) < 4.78 is 54.7. The molecule has 1 aliphatic heterocycles. The first kappa shape index (κ1) is 28.7. The van der Waals surface area contributed by atoms with E-state index in [4.69, 9.17) is 23.1 Å². The minimum absolute atomic E-state index is 0.147. The molecule has 1 fully saturated rings. The third kappa shape index (κ3) is 6.71. The van der Waals surface area contributed by atoms with Crippen LogP contribution in [0.2, 0.25) is 0 Å². The van der Waals surface area contributed by atoms with Crippen molar-refractivity contribution >= 4 is 28.2 Å². The van der Waals surface area contributed by atoms with E-state index in [0.29, 0.717) is 3.97 Å². The van der Waals surface area contributed by atoms with Crippen molar-refractivity contribution in [3.05, 3.63) is 126 Å². The lowest BCUT2D eigenvalue weighted by atomic mass is 10.1. The molecule has 2 heterocycles. The van der Waals surface area contributed by atoms with Crippen LogP contribution < -0.4 is 0 Å².